The first kappa shape index (κ1) is 20.2. The predicted octanol–water partition coefficient (Wildman–Crippen LogP) is 3.70. The molecule has 156 valence electrons. The molecular formula is C24H31NO4. The predicted molar refractivity (Wildman–Crippen MR) is 112 cm³/mol. The number of likely N-dealkylation sites (tertiary alicyclic amines) is 1. The summed E-state index contributed by atoms with van der Waals surface area (Å²) in [6.07, 6.45) is 1.30. The van der Waals surface area contributed by atoms with Crippen molar-refractivity contribution in [2.24, 2.45) is 0 Å². The van der Waals surface area contributed by atoms with Crippen LogP contribution in [0.4, 0.5) is 0 Å². The Balaban J connectivity index is 1.40. The van der Waals surface area contributed by atoms with Crippen molar-refractivity contribution < 1.29 is 19.7 Å². The second-order valence-corrected chi connectivity index (χ2v) is 8.57. The smallest absolute Gasteiger partial charge is 0.126 e. The van der Waals surface area contributed by atoms with Gasteiger partial charge in [0.2, 0.25) is 0 Å². The Labute approximate surface area is 172 Å². The molecule has 0 aliphatic carbocycles. The first-order chi connectivity index (χ1) is 13.9. The van der Waals surface area contributed by atoms with Gasteiger partial charge in [-0.1, -0.05) is 12.1 Å². The van der Waals surface area contributed by atoms with Crippen molar-refractivity contribution >= 4 is 0 Å². The number of β-amino-alcohol motifs (C(OH)–C–C–N with tert-alkyl or cyclic N) is 1. The summed E-state index contributed by atoms with van der Waals surface area (Å²) in [6.45, 7) is 6.41. The van der Waals surface area contributed by atoms with Gasteiger partial charge in [0.05, 0.1) is 19.3 Å². The Morgan fingerprint density at radius 3 is 2.62 bits per heavy atom. The van der Waals surface area contributed by atoms with Crippen LogP contribution in [0.15, 0.2) is 36.4 Å². The number of ether oxygens (including phenoxy) is 2. The quantitative estimate of drug-likeness (QED) is 0.824. The molecule has 5 heteroatoms. The lowest BCUT2D eigenvalue weighted by Crippen LogP contribution is -2.51. The molecule has 4 rings (SSSR count). The maximum atomic E-state index is 10.8. The summed E-state index contributed by atoms with van der Waals surface area (Å²) in [5, 5.41) is 21.4. The third kappa shape index (κ3) is 4.13. The first-order valence-electron chi connectivity index (χ1n) is 10.4. The fraction of sp³-hybridized carbons (Fsp3) is 0.500. The van der Waals surface area contributed by atoms with Crippen LogP contribution in [-0.2, 0) is 0 Å². The van der Waals surface area contributed by atoms with Gasteiger partial charge in [-0.25, -0.2) is 0 Å². The second kappa shape index (κ2) is 7.98. The van der Waals surface area contributed by atoms with Gasteiger partial charge in [-0.2, -0.15) is 0 Å². The molecule has 0 unspecified atom stereocenters. The van der Waals surface area contributed by atoms with Gasteiger partial charge >= 0.3 is 0 Å². The molecule has 0 aromatic heterocycles. The summed E-state index contributed by atoms with van der Waals surface area (Å²) in [5.74, 6) is 1.59. The topological polar surface area (TPSA) is 62.2 Å². The largest absolute Gasteiger partial charge is 0.497 e. The van der Waals surface area contributed by atoms with E-state index in [-0.39, 0.29) is 5.60 Å². The van der Waals surface area contributed by atoms with E-state index in [0.29, 0.717) is 13.0 Å². The molecule has 2 aromatic carbocycles. The lowest BCUT2D eigenvalue weighted by atomic mass is 9.81. The van der Waals surface area contributed by atoms with Crippen molar-refractivity contribution in [3.05, 3.63) is 58.7 Å². The molecule has 0 bridgehead atoms. The normalized spacial score (nSPS) is 22.0. The van der Waals surface area contributed by atoms with Crippen molar-refractivity contribution in [2.45, 2.75) is 50.9 Å². The van der Waals surface area contributed by atoms with E-state index in [1.807, 2.05) is 24.3 Å². The van der Waals surface area contributed by atoms with E-state index < -0.39 is 12.2 Å². The Morgan fingerprint density at radius 1 is 1.17 bits per heavy atom. The van der Waals surface area contributed by atoms with E-state index in [1.54, 1.807) is 7.11 Å². The van der Waals surface area contributed by atoms with E-state index in [9.17, 15) is 10.2 Å². The SMILES string of the molecule is COc1cccc([C@H](O)CN2CCC3(CC2)C[C@@H](O)c2cc(C)c(C)cc2O3)c1. The molecule has 2 atom stereocenters. The van der Waals surface area contributed by atoms with Crippen LogP contribution in [0.3, 0.4) is 0 Å². The average molecular weight is 398 g/mol. The lowest BCUT2D eigenvalue weighted by Gasteiger charge is -2.46. The van der Waals surface area contributed by atoms with E-state index in [0.717, 1.165) is 48.6 Å². The Bertz CT molecular complexity index is 873. The molecule has 1 fully saturated rings. The maximum absolute atomic E-state index is 10.8. The molecule has 0 radical (unpaired) electrons. The second-order valence-electron chi connectivity index (χ2n) is 8.57. The van der Waals surface area contributed by atoms with E-state index >= 15 is 0 Å². The Morgan fingerprint density at radius 2 is 1.90 bits per heavy atom. The highest BCUT2D eigenvalue weighted by Gasteiger charge is 2.43. The van der Waals surface area contributed by atoms with Crippen molar-refractivity contribution in [1.29, 1.82) is 0 Å². The summed E-state index contributed by atoms with van der Waals surface area (Å²) in [4.78, 5) is 2.28. The summed E-state index contributed by atoms with van der Waals surface area (Å²) in [6, 6.07) is 11.7. The minimum Gasteiger partial charge on any atom is -0.497 e. The number of aryl methyl sites for hydroxylation is 2. The molecule has 1 saturated heterocycles. The Kier molecular flexibility index (Phi) is 5.56. The molecule has 2 aliphatic heterocycles. The van der Waals surface area contributed by atoms with Crippen LogP contribution in [-0.4, -0.2) is 47.5 Å². The number of aliphatic hydroxyl groups excluding tert-OH is 2. The van der Waals surface area contributed by atoms with Gasteiger partial charge < -0.3 is 24.6 Å². The minimum atomic E-state index is -0.552. The van der Waals surface area contributed by atoms with Crippen LogP contribution in [0.25, 0.3) is 0 Å². The highest BCUT2D eigenvalue weighted by Crippen LogP contribution is 2.45. The van der Waals surface area contributed by atoms with Gasteiger partial charge in [0.1, 0.15) is 17.1 Å². The van der Waals surface area contributed by atoms with Crippen molar-refractivity contribution in [3.8, 4) is 11.5 Å². The summed E-state index contributed by atoms with van der Waals surface area (Å²) in [5.41, 5.74) is 3.84. The van der Waals surface area contributed by atoms with Crippen molar-refractivity contribution in [1.82, 2.24) is 4.90 Å². The molecule has 2 aromatic rings. The van der Waals surface area contributed by atoms with Crippen LogP contribution in [0.1, 0.15) is 53.7 Å². The number of rotatable bonds is 4. The molecule has 1 spiro atoms. The van der Waals surface area contributed by atoms with Gasteiger partial charge in [-0.05, 0) is 67.6 Å². The van der Waals surface area contributed by atoms with Crippen LogP contribution in [0.2, 0.25) is 0 Å². The monoisotopic (exact) mass is 397 g/mol. The summed E-state index contributed by atoms with van der Waals surface area (Å²) in [7, 11) is 1.63. The third-order valence-electron chi connectivity index (χ3n) is 6.55. The van der Waals surface area contributed by atoms with Crippen LogP contribution in [0, 0.1) is 13.8 Å². The number of fused-ring (bicyclic) bond motifs is 1. The molecule has 0 saturated carbocycles. The van der Waals surface area contributed by atoms with Crippen LogP contribution in [0.5, 0.6) is 11.5 Å². The zero-order valence-corrected chi connectivity index (χ0v) is 17.5. The molecule has 0 amide bonds. The summed E-state index contributed by atoms with van der Waals surface area (Å²) >= 11 is 0. The fourth-order valence-corrected chi connectivity index (χ4v) is 4.55. The lowest BCUT2D eigenvalue weighted by molar-refractivity contribution is -0.0588. The average Bonchev–Trinajstić information content (AvgIpc) is 2.71. The standard InChI is InChI=1S/C24H31NO4/c1-16-11-20-21(26)14-24(29-23(20)12-17(16)2)7-9-25(10-8-24)15-22(27)18-5-4-6-19(13-18)28-3/h4-6,11-13,21-22,26-27H,7-10,14-15H2,1-3H3/t21-,22-/m1/s1. The number of methoxy groups -OCH3 is 1. The van der Waals surface area contributed by atoms with Crippen molar-refractivity contribution in [2.75, 3.05) is 26.7 Å². The minimum absolute atomic E-state index is 0.314. The highest BCUT2D eigenvalue weighted by molar-refractivity contribution is 5.45. The third-order valence-corrected chi connectivity index (χ3v) is 6.55. The number of aliphatic hydroxyl groups is 2. The number of piperidine rings is 1. The van der Waals surface area contributed by atoms with Gasteiger partial charge in [0, 0.05) is 31.6 Å². The van der Waals surface area contributed by atoms with Gasteiger partial charge in [0.15, 0.2) is 0 Å². The molecule has 2 aliphatic rings. The summed E-state index contributed by atoms with van der Waals surface area (Å²) < 4.78 is 11.7. The Hall–Kier alpha value is -2.08. The van der Waals surface area contributed by atoms with E-state index in [4.69, 9.17) is 9.47 Å². The molecule has 29 heavy (non-hydrogen) atoms. The number of hydrogen-bond acceptors (Lipinski definition) is 5. The number of benzene rings is 2. The zero-order valence-electron chi connectivity index (χ0n) is 17.5. The highest BCUT2D eigenvalue weighted by atomic mass is 16.5. The van der Waals surface area contributed by atoms with Gasteiger partial charge in [0.25, 0.3) is 0 Å². The van der Waals surface area contributed by atoms with Crippen LogP contribution >= 0.6 is 0 Å². The van der Waals surface area contributed by atoms with Crippen LogP contribution < -0.4 is 9.47 Å². The maximum Gasteiger partial charge on any atom is 0.126 e. The molecule has 2 N–H and O–H groups in total. The van der Waals surface area contributed by atoms with Crippen molar-refractivity contribution in [3.63, 3.8) is 0 Å². The molecule has 2 heterocycles. The molecule has 5 nitrogen and oxygen atoms in total. The van der Waals surface area contributed by atoms with Gasteiger partial charge in [-0.3, -0.25) is 0 Å². The zero-order chi connectivity index (χ0) is 20.6. The number of hydrogen-bond donors (Lipinski definition) is 2. The first-order valence-corrected chi connectivity index (χ1v) is 10.4. The van der Waals surface area contributed by atoms with Gasteiger partial charge in [-0.15, -0.1) is 0 Å². The fourth-order valence-electron chi connectivity index (χ4n) is 4.55. The molecular weight excluding hydrogens is 366 g/mol. The number of nitrogens with zero attached hydrogens (tertiary/aromatic N) is 1. The van der Waals surface area contributed by atoms with E-state index in [1.165, 1.54) is 11.1 Å². The van der Waals surface area contributed by atoms with E-state index in [2.05, 4.69) is 30.9 Å².